The molecule has 4 heteroatoms. The Morgan fingerprint density at radius 3 is 2.84 bits per heavy atom. The molecule has 4 rings (SSSR count). The highest BCUT2D eigenvalue weighted by atomic mass is 16.2. The maximum Gasteiger partial charge on any atom is 0.223 e. The van der Waals surface area contributed by atoms with Crippen LogP contribution in [0.5, 0.6) is 0 Å². The van der Waals surface area contributed by atoms with Gasteiger partial charge in [-0.15, -0.1) is 0 Å². The van der Waals surface area contributed by atoms with Gasteiger partial charge in [0, 0.05) is 45.4 Å². The number of imidazole rings is 1. The van der Waals surface area contributed by atoms with Crippen LogP contribution in [0.3, 0.4) is 0 Å². The third-order valence-electron chi connectivity index (χ3n) is 4.89. The molecule has 0 fully saturated rings. The summed E-state index contributed by atoms with van der Waals surface area (Å²) in [5.74, 6) is 1.14. The zero-order chi connectivity index (χ0) is 17.2. The number of fused-ring (bicyclic) bond motifs is 1. The topological polar surface area (TPSA) is 38.1 Å². The minimum Gasteiger partial charge on any atom is -0.338 e. The lowest BCUT2D eigenvalue weighted by Crippen LogP contribution is -2.29. The monoisotopic (exact) mass is 331 g/mol. The molecular weight excluding hydrogens is 310 g/mol. The molecule has 0 atom stereocenters. The standard InChI is InChI=1S/C21H21N3O/c1-23-14-12-22-20(23)9-10-21(25)24-13-11-17(15-24)19-8-4-6-16-5-2-3-7-18(16)19/h2-8,11-12,14H,9-10,13,15H2,1H3. The molecule has 0 bridgehead atoms. The summed E-state index contributed by atoms with van der Waals surface area (Å²) in [6.45, 7) is 1.38. The normalized spacial score (nSPS) is 14.1. The van der Waals surface area contributed by atoms with E-state index in [9.17, 15) is 4.79 Å². The van der Waals surface area contributed by atoms with Crippen LogP contribution in [0, 0.1) is 0 Å². The minimum atomic E-state index is 0.189. The second-order valence-corrected chi connectivity index (χ2v) is 6.48. The number of carbonyl (C=O) groups excluding carboxylic acids is 1. The van der Waals surface area contributed by atoms with E-state index in [1.807, 2.05) is 22.7 Å². The van der Waals surface area contributed by atoms with Gasteiger partial charge < -0.3 is 9.47 Å². The van der Waals surface area contributed by atoms with Gasteiger partial charge in [0.1, 0.15) is 5.82 Å². The first-order valence-corrected chi connectivity index (χ1v) is 8.63. The van der Waals surface area contributed by atoms with Gasteiger partial charge in [0.05, 0.1) is 0 Å². The summed E-state index contributed by atoms with van der Waals surface area (Å²) in [6, 6.07) is 14.8. The number of hydrogen-bond donors (Lipinski definition) is 0. The second-order valence-electron chi connectivity index (χ2n) is 6.48. The summed E-state index contributed by atoms with van der Waals surface area (Å²) in [5, 5.41) is 2.49. The van der Waals surface area contributed by atoms with Gasteiger partial charge in [-0.3, -0.25) is 4.79 Å². The van der Waals surface area contributed by atoms with Crippen molar-refractivity contribution in [2.75, 3.05) is 13.1 Å². The van der Waals surface area contributed by atoms with Gasteiger partial charge in [-0.1, -0.05) is 48.5 Å². The highest BCUT2D eigenvalue weighted by Gasteiger charge is 2.21. The molecule has 2 aromatic carbocycles. The molecular formula is C21H21N3O. The van der Waals surface area contributed by atoms with Crippen LogP contribution in [0.15, 0.2) is 60.9 Å². The van der Waals surface area contributed by atoms with Gasteiger partial charge in [-0.05, 0) is 21.9 Å². The molecule has 1 aromatic heterocycles. The first kappa shape index (κ1) is 15.6. The molecule has 0 saturated carbocycles. The van der Waals surface area contributed by atoms with E-state index >= 15 is 0 Å². The molecule has 0 unspecified atom stereocenters. The molecule has 0 saturated heterocycles. The van der Waals surface area contributed by atoms with E-state index in [2.05, 4.69) is 53.5 Å². The molecule has 0 spiro atoms. The largest absolute Gasteiger partial charge is 0.338 e. The van der Waals surface area contributed by atoms with Crippen molar-refractivity contribution < 1.29 is 4.79 Å². The molecule has 2 heterocycles. The van der Waals surface area contributed by atoms with E-state index in [4.69, 9.17) is 0 Å². The van der Waals surface area contributed by atoms with E-state index in [1.165, 1.54) is 21.9 Å². The van der Waals surface area contributed by atoms with Crippen molar-refractivity contribution in [1.29, 1.82) is 0 Å². The molecule has 3 aromatic rings. The summed E-state index contributed by atoms with van der Waals surface area (Å²) in [6.07, 6.45) is 7.05. The summed E-state index contributed by atoms with van der Waals surface area (Å²) in [4.78, 5) is 18.8. The second kappa shape index (κ2) is 6.55. The van der Waals surface area contributed by atoms with Crippen LogP contribution in [0.1, 0.15) is 17.8 Å². The minimum absolute atomic E-state index is 0.189. The Bertz CT molecular complexity index is 949. The molecule has 0 radical (unpaired) electrons. The van der Waals surface area contributed by atoms with Gasteiger partial charge in [-0.25, -0.2) is 4.98 Å². The van der Waals surface area contributed by atoms with Crippen LogP contribution in [0.4, 0.5) is 0 Å². The summed E-state index contributed by atoms with van der Waals surface area (Å²) >= 11 is 0. The SMILES string of the molecule is Cn1ccnc1CCC(=O)N1CC=C(c2cccc3ccccc23)C1. The zero-order valence-electron chi connectivity index (χ0n) is 14.4. The molecule has 0 aliphatic carbocycles. The summed E-state index contributed by atoms with van der Waals surface area (Å²) in [7, 11) is 1.96. The van der Waals surface area contributed by atoms with Crippen LogP contribution in [-0.2, 0) is 18.3 Å². The Balaban J connectivity index is 1.45. The fourth-order valence-corrected chi connectivity index (χ4v) is 3.46. The number of nitrogens with zero attached hydrogens (tertiary/aromatic N) is 3. The Hall–Kier alpha value is -2.88. The molecule has 1 aliphatic rings. The van der Waals surface area contributed by atoms with Gasteiger partial charge in [0.25, 0.3) is 0 Å². The van der Waals surface area contributed by atoms with Gasteiger partial charge >= 0.3 is 0 Å². The van der Waals surface area contributed by atoms with E-state index in [1.54, 1.807) is 6.20 Å². The predicted octanol–water partition coefficient (Wildman–Crippen LogP) is 3.43. The van der Waals surface area contributed by atoms with Crippen molar-refractivity contribution in [3.63, 3.8) is 0 Å². The number of carbonyl (C=O) groups is 1. The number of aromatic nitrogens is 2. The average molecular weight is 331 g/mol. The highest BCUT2D eigenvalue weighted by Crippen LogP contribution is 2.28. The van der Waals surface area contributed by atoms with Crippen molar-refractivity contribution in [3.05, 3.63) is 72.3 Å². The van der Waals surface area contributed by atoms with Crippen LogP contribution < -0.4 is 0 Å². The molecule has 1 aliphatic heterocycles. The molecule has 25 heavy (non-hydrogen) atoms. The Morgan fingerprint density at radius 2 is 2.00 bits per heavy atom. The summed E-state index contributed by atoms with van der Waals surface area (Å²) in [5.41, 5.74) is 2.47. The van der Waals surface area contributed by atoms with Gasteiger partial charge in [0.2, 0.25) is 5.91 Å². The van der Waals surface area contributed by atoms with Crippen molar-refractivity contribution in [3.8, 4) is 0 Å². The lowest BCUT2D eigenvalue weighted by atomic mass is 9.99. The van der Waals surface area contributed by atoms with Gasteiger partial charge in [-0.2, -0.15) is 0 Å². The third-order valence-corrected chi connectivity index (χ3v) is 4.89. The maximum atomic E-state index is 12.5. The smallest absolute Gasteiger partial charge is 0.223 e. The highest BCUT2D eigenvalue weighted by molar-refractivity contribution is 5.95. The number of amides is 1. The number of benzene rings is 2. The molecule has 1 amide bonds. The van der Waals surface area contributed by atoms with E-state index < -0.39 is 0 Å². The van der Waals surface area contributed by atoms with E-state index in [-0.39, 0.29) is 5.91 Å². The van der Waals surface area contributed by atoms with Crippen molar-refractivity contribution >= 4 is 22.3 Å². The number of aryl methyl sites for hydroxylation is 2. The Morgan fingerprint density at radius 1 is 1.16 bits per heavy atom. The van der Waals surface area contributed by atoms with Gasteiger partial charge in [0.15, 0.2) is 0 Å². The zero-order valence-corrected chi connectivity index (χ0v) is 14.4. The van der Waals surface area contributed by atoms with E-state index in [0.29, 0.717) is 25.9 Å². The third kappa shape index (κ3) is 3.07. The quantitative estimate of drug-likeness (QED) is 0.734. The van der Waals surface area contributed by atoms with Crippen LogP contribution in [0.2, 0.25) is 0 Å². The first-order valence-electron chi connectivity index (χ1n) is 8.63. The van der Waals surface area contributed by atoms with E-state index in [0.717, 1.165) is 5.82 Å². The van der Waals surface area contributed by atoms with Crippen LogP contribution in [0.25, 0.3) is 16.3 Å². The van der Waals surface area contributed by atoms with Crippen molar-refractivity contribution in [2.45, 2.75) is 12.8 Å². The summed E-state index contributed by atoms with van der Waals surface area (Å²) < 4.78 is 1.97. The first-order chi connectivity index (χ1) is 12.2. The molecule has 0 N–H and O–H groups in total. The fourth-order valence-electron chi connectivity index (χ4n) is 3.46. The van der Waals surface area contributed by atoms with Crippen molar-refractivity contribution in [1.82, 2.24) is 14.5 Å². The fraction of sp³-hybridized carbons (Fsp3) is 0.238. The lowest BCUT2D eigenvalue weighted by Gasteiger charge is -2.17. The number of hydrogen-bond acceptors (Lipinski definition) is 2. The van der Waals surface area contributed by atoms with Crippen LogP contribution in [-0.4, -0.2) is 33.4 Å². The Kier molecular flexibility index (Phi) is 4.10. The Labute approximate surface area is 147 Å². The van der Waals surface area contributed by atoms with Crippen LogP contribution >= 0.6 is 0 Å². The number of rotatable bonds is 4. The predicted molar refractivity (Wildman–Crippen MR) is 100 cm³/mol. The molecule has 126 valence electrons. The maximum absolute atomic E-state index is 12.5. The molecule has 4 nitrogen and oxygen atoms in total. The van der Waals surface area contributed by atoms with Crippen molar-refractivity contribution in [2.24, 2.45) is 7.05 Å². The average Bonchev–Trinajstić information content (AvgIpc) is 3.28. The lowest BCUT2D eigenvalue weighted by molar-refractivity contribution is -0.129.